The molecule has 0 atom stereocenters. The van der Waals surface area contributed by atoms with Crippen molar-refractivity contribution in [1.29, 1.82) is 0 Å². The zero-order valence-electron chi connectivity index (χ0n) is 10.6. The first-order chi connectivity index (χ1) is 9.10. The zero-order chi connectivity index (χ0) is 13.8. The molecule has 19 heavy (non-hydrogen) atoms. The maximum atomic E-state index is 11.9. The predicted molar refractivity (Wildman–Crippen MR) is 79.6 cm³/mol. The molecule has 2 aromatic rings. The van der Waals surface area contributed by atoms with Gasteiger partial charge in [-0.1, -0.05) is 0 Å². The van der Waals surface area contributed by atoms with Gasteiger partial charge in [0.1, 0.15) is 11.5 Å². The molecule has 0 bridgehead atoms. The molecule has 0 aliphatic carbocycles. The monoisotopic (exact) mass is 340 g/mol. The smallest absolute Gasteiger partial charge is 0.210 e. The van der Waals surface area contributed by atoms with Crippen molar-refractivity contribution in [1.82, 2.24) is 0 Å². The molecule has 0 saturated heterocycles. The number of halogens is 1. The van der Waals surface area contributed by atoms with Gasteiger partial charge in [-0.15, -0.1) is 11.3 Å². The molecule has 0 spiro atoms. The zero-order valence-corrected chi connectivity index (χ0v) is 13.0. The van der Waals surface area contributed by atoms with Crippen molar-refractivity contribution in [2.24, 2.45) is 0 Å². The van der Waals surface area contributed by atoms with E-state index in [0.29, 0.717) is 5.75 Å². The maximum absolute atomic E-state index is 11.9. The van der Waals surface area contributed by atoms with Gasteiger partial charge >= 0.3 is 0 Å². The van der Waals surface area contributed by atoms with Gasteiger partial charge in [0.25, 0.3) is 0 Å². The Bertz CT molecular complexity index is 592. The quantitative estimate of drug-likeness (QED) is 0.769. The van der Waals surface area contributed by atoms with Crippen molar-refractivity contribution in [3.8, 4) is 11.5 Å². The van der Waals surface area contributed by atoms with Crippen LogP contribution >= 0.6 is 27.3 Å². The fraction of sp³-hybridized carbons (Fsp3) is 0.214. The largest absolute Gasteiger partial charge is 0.497 e. The van der Waals surface area contributed by atoms with Crippen molar-refractivity contribution in [3.63, 3.8) is 0 Å². The van der Waals surface area contributed by atoms with Gasteiger partial charge in [-0.05, 0) is 53.2 Å². The molecule has 0 N–H and O–H groups in total. The lowest BCUT2D eigenvalue weighted by atomic mass is 10.3. The van der Waals surface area contributed by atoms with Gasteiger partial charge in [0.2, 0.25) is 5.78 Å². The number of rotatable bonds is 5. The lowest BCUT2D eigenvalue weighted by Gasteiger charge is -2.08. The summed E-state index contributed by atoms with van der Waals surface area (Å²) < 4.78 is 11.4. The Morgan fingerprint density at radius 2 is 2.11 bits per heavy atom. The van der Waals surface area contributed by atoms with E-state index in [1.165, 1.54) is 11.3 Å². The maximum Gasteiger partial charge on any atom is 0.210 e. The number of thiophene rings is 1. The van der Waals surface area contributed by atoms with Crippen LogP contribution in [0.15, 0.2) is 34.8 Å². The first kappa shape index (κ1) is 14.1. The van der Waals surface area contributed by atoms with Crippen LogP contribution in [-0.2, 0) is 0 Å². The van der Waals surface area contributed by atoms with Crippen molar-refractivity contribution < 1.29 is 14.3 Å². The van der Waals surface area contributed by atoms with Gasteiger partial charge in [-0.3, -0.25) is 4.79 Å². The molecule has 1 heterocycles. The highest BCUT2D eigenvalue weighted by Crippen LogP contribution is 2.29. The molecule has 2 rings (SSSR count). The van der Waals surface area contributed by atoms with E-state index in [1.807, 2.05) is 19.1 Å². The molecule has 1 aromatic heterocycles. The Morgan fingerprint density at radius 3 is 2.68 bits per heavy atom. The lowest BCUT2D eigenvalue weighted by Crippen LogP contribution is -2.10. The molecule has 0 unspecified atom stereocenters. The number of benzene rings is 1. The van der Waals surface area contributed by atoms with Crippen LogP contribution in [0, 0.1) is 6.92 Å². The number of carbonyl (C=O) groups is 1. The third kappa shape index (κ3) is 3.58. The van der Waals surface area contributed by atoms with E-state index in [0.717, 1.165) is 20.0 Å². The van der Waals surface area contributed by atoms with Crippen molar-refractivity contribution in [2.75, 3.05) is 13.7 Å². The molecule has 0 radical (unpaired) electrons. The summed E-state index contributed by atoms with van der Waals surface area (Å²) in [4.78, 5) is 13.8. The fourth-order valence-electron chi connectivity index (χ4n) is 1.52. The second-order valence-electron chi connectivity index (χ2n) is 3.92. The predicted octanol–water partition coefficient (Wildman–Crippen LogP) is 4.09. The minimum atomic E-state index is -0.0131. The minimum absolute atomic E-state index is 0.0131. The third-order valence-electron chi connectivity index (χ3n) is 2.51. The Kier molecular flexibility index (Phi) is 4.61. The van der Waals surface area contributed by atoms with E-state index in [-0.39, 0.29) is 12.4 Å². The first-order valence-corrected chi connectivity index (χ1v) is 7.27. The minimum Gasteiger partial charge on any atom is -0.497 e. The number of ether oxygens (including phenoxy) is 2. The van der Waals surface area contributed by atoms with Crippen LogP contribution in [0.2, 0.25) is 0 Å². The number of ketones is 1. The summed E-state index contributed by atoms with van der Waals surface area (Å²) in [5, 5.41) is 0. The first-order valence-electron chi connectivity index (χ1n) is 5.66. The summed E-state index contributed by atoms with van der Waals surface area (Å²) in [5.41, 5.74) is 0. The van der Waals surface area contributed by atoms with Crippen LogP contribution in [0.4, 0.5) is 0 Å². The van der Waals surface area contributed by atoms with Crippen LogP contribution in [0.5, 0.6) is 11.5 Å². The topological polar surface area (TPSA) is 35.5 Å². The number of hydrogen-bond donors (Lipinski definition) is 0. The van der Waals surface area contributed by atoms with Crippen molar-refractivity contribution in [2.45, 2.75) is 6.92 Å². The molecule has 0 aliphatic rings. The standard InChI is InChI=1S/C14H13BrO3S/c1-9-3-6-14(19-9)12(16)8-18-13-5-4-10(17-2)7-11(13)15/h3-7H,8H2,1-2H3. The van der Waals surface area contributed by atoms with E-state index in [1.54, 1.807) is 25.3 Å². The van der Waals surface area contributed by atoms with E-state index in [4.69, 9.17) is 9.47 Å². The summed E-state index contributed by atoms with van der Waals surface area (Å²) in [5.74, 6) is 1.35. The Hall–Kier alpha value is -1.33. The van der Waals surface area contributed by atoms with E-state index < -0.39 is 0 Å². The number of methoxy groups -OCH3 is 1. The average molecular weight is 341 g/mol. The molecule has 3 nitrogen and oxygen atoms in total. The summed E-state index contributed by atoms with van der Waals surface area (Å²) in [6.45, 7) is 2.01. The van der Waals surface area contributed by atoms with Crippen LogP contribution in [0.1, 0.15) is 14.5 Å². The molecular weight excluding hydrogens is 328 g/mol. The highest BCUT2D eigenvalue weighted by atomic mass is 79.9. The number of hydrogen-bond acceptors (Lipinski definition) is 4. The summed E-state index contributed by atoms with van der Waals surface area (Å²) in [7, 11) is 1.60. The summed E-state index contributed by atoms with van der Waals surface area (Å²) >= 11 is 4.86. The van der Waals surface area contributed by atoms with Gasteiger partial charge in [-0.25, -0.2) is 0 Å². The molecule has 100 valence electrons. The molecule has 0 saturated carbocycles. The van der Waals surface area contributed by atoms with Gasteiger partial charge in [0, 0.05) is 4.88 Å². The highest BCUT2D eigenvalue weighted by molar-refractivity contribution is 9.10. The highest BCUT2D eigenvalue weighted by Gasteiger charge is 2.10. The molecule has 0 fully saturated rings. The fourth-order valence-corrected chi connectivity index (χ4v) is 2.79. The Labute approximate surface area is 124 Å². The van der Waals surface area contributed by atoms with Crippen LogP contribution < -0.4 is 9.47 Å². The van der Waals surface area contributed by atoms with E-state index in [2.05, 4.69) is 15.9 Å². The molecule has 5 heteroatoms. The second-order valence-corrected chi connectivity index (χ2v) is 6.06. The van der Waals surface area contributed by atoms with Crippen LogP contribution in [-0.4, -0.2) is 19.5 Å². The third-order valence-corrected chi connectivity index (χ3v) is 4.17. The van der Waals surface area contributed by atoms with Crippen molar-refractivity contribution >= 4 is 33.0 Å². The lowest BCUT2D eigenvalue weighted by molar-refractivity contribution is 0.0925. The molecule has 0 aliphatic heterocycles. The Balaban J connectivity index is 2.01. The van der Waals surface area contributed by atoms with E-state index >= 15 is 0 Å². The normalized spacial score (nSPS) is 10.3. The van der Waals surface area contributed by atoms with Gasteiger partial charge in [0.05, 0.1) is 16.5 Å². The Morgan fingerprint density at radius 1 is 1.32 bits per heavy atom. The summed E-state index contributed by atoms with van der Waals surface area (Å²) in [6.07, 6.45) is 0. The van der Waals surface area contributed by atoms with Crippen LogP contribution in [0.3, 0.4) is 0 Å². The number of Topliss-reactive ketones (excluding diaryl/α,β-unsaturated/α-hetero) is 1. The van der Waals surface area contributed by atoms with Crippen LogP contribution in [0.25, 0.3) is 0 Å². The summed E-state index contributed by atoms with van der Waals surface area (Å²) in [6, 6.07) is 9.13. The number of carbonyl (C=O) groups excluding carboxylic acids is 1. The average Bonchev–Trinajstić information content (AvgIpc) is 2.83. The van der Waals surface area contributed by atoms with Gasteiger partial charge in [-0.2, -0.15) is 0 Å². The second kappa shape index (κ2) is 6.21. The molecule has 0 amide bonds. The number of aryl methyl sites for hydroxylation is 1. The van der Waals surface area contributed by atoms with Gasteiger partial charge in [0.15, 0.2) is 6.61 Å². The SMILES string of the molecule is COc1ccc(OCC(=O)c2ccc(C)s2)c(Br)c1. The van der Waals surface area contributed by atoms with Gasteiger partial charge < -0.3 is 9.47 Å². The molecule has 1 aromatic carbocycles. The molecular formula is C14H13BrO3S. The van der Waals surface area contributed by atoms with Crippen molar-refractivity contribution in [3.05, 3.63) is 44.6 Å². The van der Waals surface area contributed by atoms with E-state index in [9.17, 15) is 4.79 Å².